The quantitative estimate of drug-likeness (QED) is 0.663. The summed E-state index contributed by atoms with van der Waals surface area (Å²) in [4.78, 5) is 0. The third kappa shape index (κ3) is 2.13. The minimum Gasteiger partial charge on any atom is -0.308 e. The second-order valence-corrected chi connectivity index (χ2v) is 3.81. The lowest BCUT2D eigenvalue weighted by Gasteiger charge is -2.07. The Hall–Kier alpha value is -1.48. The zero-order valence-corrected chi connectivity index (χ0v) is 9.09. The van der Waals surface area contributed by atoms with E-state index in [2.05, 4.69) is 0 Å². The average molecular weight is 219 g/mol. The van der Waals surface area contributed by atoms with Gasteiger partial charge in [0.05, 0.1) is 0 Å². The Morgan fingerprint density at radius 2 is 1.73 bits per heavy atom. The maximum atomic E-state index is 12.7. The molecule has 0 aliphatic carbocycles. The SMILES string of the molecule is Cc1ccc(=S)n(-c2ccc(F)cc2)c1. The normalized spacial score (nSPS) is 10.3. The van der Waals surface area contributed by atoms with E-state index in [1.165, 1.54) is 12.1 Å². The molecule has 2 aromatic rings. The Bertz CT molecular complexity index is 528. The molecular formula is C12H10FNS. The molecule has 1 aromatic heterocycles. The van der Waals surface area contributed by atoms with Crippen LogP contribution in [-0.4, -0.2) is 4.57 Å². The van der Waals surface area contributed by atoms with E-state index in [-0.39, 0.29) is 5.82 Å². The number of nitrogens with zero attached hydrogens (tertiary/aromatic N) is 1. The first kappa shape index (κ1) is 10.1. The molecule has 15 heavy (non-hydrogen) atoms. The zero-order chi connectivity index (χ0) is 10.8. The number of hydrogen-bond donors (Lipinski definition) is 0. The average Bonchev–Trinajstić information content (AvgIpc) is 2.23. The molecular weight excluding hydrogens is 209 g/mol. The van der Waals surface area contributed by atoms with Gasteiger partial charge in [0.1, 0.15) is 10.5 Å². The lowest BCUT2D eigenvalue weighted by molar-refractivity contribution is 0.627. The van der Waals surface area contributed by atoms with Crippen molar-refractivity contribution in [3.05, 3.63) is 58.6 Å². The Kier molecular flexibility index (Phi) is 2.64. The number of benzene rings is 1. The smallest absolute Gasteiger partial charge is 0.123 e. The van der Waals surface area contributed by atoms with Crippen LogP contribution in [0.2, 0.25) is 0 Å². The molecule has 0 aliphatic rings. The van der Waals surface area contributed by atoms with Crippen LogP contribution in [0.4, 0.5) is 4.39 Å². The largest absolute Gasteiger partial charge is 0.308 e. The van der Waals surface area contributed by atoms with Gasteiger partial charge in [-0.3, -0.25) is 0 Å². The topological polar surface area (TPSA) is 4.93 Å². The van der Waals surface area contributed by atoms with Crippen LogP contribution >= 0.6 is 12.2 Å². The van der Waals surface area contributed by atoms with Crippen LogP contribution in [-0.2, 0) is 0 Å². The maximum Gasteiger partial charge on any atom is 0.123 e. The van der Waals surface area contributed by atoms with Gasteiger partial charge in [-0.25, -0.2) is 4.39 Å². The van der Waals surface area contributed by atoms with Crippen LogP contribution in [0.1, 0.15) is 5.56 Å². The second kappa shape index (κ2) is 3.95. The summed E-state index contributed by atoms with van der Waals surface area (Å²) in [5.74, 6) is -0.238. The van der Waals surface area contributed by atoms with Gasteiger partial charge in [0.15, 0.2) is 0 Å². The third-order valence-corrected chi connectivity index (χ3v) is 2.50. The summed E-state index contributed by atoms with van der Waals surface area (Å²) in [6.07, 6.45) is 1.94. The third-order valence-electron chi connectivity index (χ3n) is 2.16. The first-order valence-electron chi connectivity index (χ1n) is 4.62. The van der Waals surface area contributed by atoms with Crippen molar-refractivity contribution >= 4 is 12.2 Å². The van der Waals surface area contributed by atoms with Crippen molar-refractivity contribution in [1.29, 1.82) is 0 Å². The number of aryl methyl sites for hydroxylation is 1. The van der Waals surface area contributed by atoms with Crippen LogP contribution < -0.4 is 0 Å². The summed E-state index contributed by atoms with van der Waals surface area (Å²) in [7, 11) is 0. The van der Waals surface area contributed by atoms with Crippen molar-refractivity contribution in [3.8, 4) is 5.69 Å². The van der Waals surface area contributed by atoms with Gasteiger partial charge in [0, 0.05) is 11.9 Å². The number of rotatable bonds is 1. The van der Waals surface area contributed by atoms with E-state index >= 15 is 0 Å². The standard InChI is InChI=1S/C12H10FNS/c1-9-2-7-12(15)14(8-9)11-5-3-10(13)4-6-11/h2-8H,1H3. The van der Waals surface area contributed by atoms with Gasteiger partial charge in [0.25, 0.3) is 0 Å². The van der Waals surface area contributed by atoms with E-state index in [0.717, 1.165) is 11.3 Å². The Labute approximate surface area is 92.8 Å². The van der Waals surface area contributed by atoms with Crippen molar-refractivity contribution < 1.29 is 4.39 Å². The molecule has 2 rings (SSSR count). The first-order chi connectivity index (χ1) is 7.16. The Balaban J connectivity index is 2.58. The summed E-state index contributed by atoms with van der Waals surface area (Å²) < 4.78 is 15.3. The van der Waals surface area contributed by atoms with Gasteiger partial charge >= 0.3 is 0 Å². The molecule has 0 aliphatic heterocycles. The second-order valence-electron chi connectivity index (χ2n) is 3.39. The fourth-order valence-corrected chi connectivity index (χ4v) is 1.62. The first-order valence-corrected chi connectivity index (χ1v) is 5.03. The fraction of sp³-hybridized carbons (Fsp3) is 0.0833. The molecule has 1 aromatic carbocycles. The van der Waals surface area contributed by atoms with Crippen LogP contribution in [0.15, 0.2) is 42.6 Å². The van der Waals surface area contributed by atoms with E-state index in [9.17, 15) is 4.39 Å². The van der Waals surface area contributed by atoms with Crippen molar-refractivity contribution in [2.45, 2.75) is 6.92 Å². The van der Waals surface area contributed by atoms with Crippen molar-refractivity contribution in [2.24, 2.45) is 0 Å². The molecule has 1 heterocycles. The highest BCUT2D eigenvalue weighted by Gasteiger charge is 1.97. The van der Waals surface area contributed by atoms with Crippen LogP contribution in [0.5, 0.6) is 0 Å². The van der Waals surface area contributed by atoms with E-state index in [1.807, 2.05) is 29.8 Å². The van der Waals surface area contributed by atoms with Gasteiger partial charge in [-0.15, -0.1) is 0 Å². The number of pyridine rings is 1. The van der Waals surface area contributed by atoms with E-state index in [1.54, 1.807) is 12.1 Å². The highest BCUT2D eigenvalue weighted by Crippen LogP contribution is 2.11. The Morgan fingerprint density at radius 1 is 1.07 bits per heavy atom. The number of hydrogen-bond acceptors (Lipinski definition) is 1. The van der Waals surface area contributed by atoms with Crippen molar-refractivity contribution in [3.63, 3.8) is 0 Å². The lowest BCUT2D eigenvalue weighted by Crippen LogP contribution is -1.96. The van der Waals surface area contributed by atoms with Gasteiger partial charge < -0.3 is 4.57 Å². The molecule has 0 N–H and O–H groups in total. The maximum absolute atomic E-state index is 12.7. The van der Waals surface area contributed by atoms with E-state index in [4.69, 9.17) is 12.2 Å². The minimum absolute atomic E-state index is 0.238. The Morgan fingerprint density at radius 3 is 2.40 bits per heavy atom. The molecule has 0 unspecified atom stereocenters. The monoisotopic (exact) mass is 219 g/mol. The molecule has 0 saturated carbocycles. The molecule has 0 fully saturated rings. The van der Waals surface area contributed by atoms with Gasteiger partial charge in [-0.2, -0.15) is 0 Å². The molecule has 0 atom stereocenters. The van der Waals surface area contributed by atoms with Gasteiger partial charge in [0.2, 0.25) is 0 Å². The van der Waals surface area contributed by atoms with Crippen LogP contribution in [0.3, 0.4) is 0 Å². The number of aromatic nitrogens is 1. The fourth-order valence-electron chi connectivity index (χ4n) is 1.40. The summed E-state index contributed by atoms with van der Waals surface area (Å²) in [6, 6.07) is 10.1. The van der Waals surface area contributed by atoms with Crippen molar-refractivity contribution in [2.75, 3.05) is 0 Å². The van der Waals surface area contributed by atoms with Crippen LogP contribution in [0, 0.1) is 17.4 Å². The zero-order valence-electron chi connectivity index (χ0n) is 8.27. The predicted molar refractivity (Wildman–Crippen MR) is 61.3 cm³/mol. The van der Waals surface area contributed by atoms with Gasteiger partial charge in [-0.05, 0) is 42.8 Å². The molecule has 0 radical (unpaired) electrons. The highest BCUT2D eigenvalue weighted by atomic mass is 32.1. The molecule has 0 spiro atoms. The minimum atomic E-state index is -0.238. The summed E-state index contributed by atoms with van der Waals surface area (Å²) in [5.41, 5.74) is 2.00. The van der Waals surface area contributed by atoms with Crippen molar-refractivity contribution in [1.82, 2.24) is 4.57 Å². The molecule has 3 heteroatoms. The number of halogens is 1. The molecule has 0 saturated heterocycles. The molecule has 0 bridgehead atoms. The summed E-state index contributed by atoms with van der Waals surface area (Å²) in [6.45, 7) is 1.99. The van der Waals surface area contributed by atoms with E-state index < -0.39 is 0 Å². The van der Waals surface area contributed by atoms with E-state index in [0.29, 0.717) is 4.64 Å². The summed E-state index contributed by atoms with van der Waals surface area (Å²) >= 11 is 5.20. The highest BCUT2D eigenvalue weighted by molar-refractivity contribution is 7.71. The lowest BCUT2D eigenvalue weighted by atomic mass is 10.2. The molecule has 1 nitrogen and oxygen atoms in total. The van der Waals surface area contributed by atoms with Crippen LogP contribution in [0.25, 0.3) is 5.69 Å². The predicted octanol–water partition coefficient (Wildman–Crippen LogP) is 3.65. The molecule has 0 amide bonds. The van der Waals surface area contributed by atoms with Gasteiger partial charge in [-0.1, -0.05) is 18.3 Å². The summed E-state index contributed by atoms with van der Waals surface area (Å²) in [5, 5.41) is 0. The molecule has 76 valence electrons.